The van der Waals surface area contributed by atoms with E-state index in [1.54, 1.807) is 24.3 Å². The molecule has 0 radical (unpaired) electrons. The zero-order valence-corrected chi connectivity index (χ0v) is 20.3. The van der Waals surface area contributed by atoms with Crippen LogP contribution in [0.3, 0.4) is 0 Å². The van der Waals surface area contributed by atoms with Gasteiger partial charge in [-0.25, -0.2) is 9.18 Å². The number of hydrogen-bond donors (Lipinski definition) is 1. The van der Waals surface area contributed by atoms with Crippen molar-refractivity contribution in [2.75, 3.05) is 45.2 Å². The molecule has 3 aromatic rings. The van der Waals surface area contributed by atoms with Crippen molar-refractivity contribution in [1.82, 2.24) is 9.80 Å². The summed E-state index contributed by atoms with van der Waals surface area (Å²) in [6, 6.07) is 13.8. The van der Waals surface area contributed by atoms with Crippen molar-refractivity contribution in [2.24, 2.45) is 0 Å². The fourth-order valence-electron chi connectivity index (χ4n) is 3.96. The highest BCUT2D eigenvalue weighted by atomic mass is 35.5. The van der Waals surface area contributed by atoms with Crippen LogP contribution < -0.4 is 5.32 Å². The summed E-state index contributed by atoms with van der Waals surface area (Å²) >= 11 is 7.27. The standard InChI is InChI=1S/C25H25ClFN3O3S/c1-33-25(32)23-21(18-5-7-19(26)8-6-18)16-34-24(23)28-22(31)15-30-11-9-29(10-12-30)14-17-3-2-4-20(27)13-17/h2-8,13,16H,9-12,14-15H2,1H3,(H,28,31). The Labute approximate surface area is 206 Å². The monoisotopic (exact) mass is 501 g/mol. The molecule has 1 saturated heterocycles. The van der Waals surface area contributed by atoms with Gasteiger partial charge in [-0.2, -0.15) is 0 Å². The predicted octanol–water partition coefficient (Wildman–Crippen LogP) is 4.75. The summed E-state index contributed by atoms with van der Waals surface area (Å²) in [5, 5.41) is 5.78. The first kappa shape index (κ1) is 24.3. The van der Waals surface area contributed by atoms with Crippen LogP contribution in [-0.4, -0.2) is 61.5 Å². The number of hydrogen-bond acceptors (Lipinski definition) is 6. The second-order valence-electron chi connectivity index (χ2n) is 8.08. The molecule has 1 N–H and O–H groups in total. The van der Waals surface area contributed by atoms with Crippen molar-refractivity contribution in [2.45, 2.75) is 6.54 Å². The third-order valence-corrected chi connectivity index (χ3v) is 6.86. The number of carbonyl (C=O) groups excluding carboxylic acids is 2. The molecule has 1 fully saturated rings. The van der Waals surface area contributed by atoms with Crippen molar-refractivity contribution in [3.63, 3.8) is 0 Å². The maximum absolute atomic E-state index is 13.4. The van der Waals surface area contributed by atoms with Gasteiger partial charge in [0.15, 0.2) is 0 Å². The highest BCUT2D eigenvalue weighted by molar-refractivity contribution is 7.15. The molecule has 0 aliphatic carbocycles. The molecule has 0 bridgehead atoms. The lowest BCUT2D eigenvalue weighted by Gasteiger charge is -2.34. The molecular formula is C25H25ClFN3O3S. The summed E-state index contributed by atoms with van der Waals surface area (Å²) in [4.78, 5) is 29.6. The van der Waals surface area contributed by atoms with Crippen molar-refractivity contribution in [3.8, 4) is 11.1 Å². The molecule has 6 nitrogen and oxygen atoms in total. The first-order valence-electron chi connectivity index (χ1n) is 10.9. The Morgan fingerprint density at radius 1 is 1.09 bits per heavy atom. The third kappa shape index (κ3) is 6.01. The molecule has 178 valence electrons. The number of nitrogens with one attached hydrogen (secondary N) is 1. The van der Waals surface area contributed by atoms with E-state index in [1.165, 1.54) is 24.5 Å². The second-order valence-corrected chi connectivity index (χ2v) is 9.40. The molecule has 0 unspecified atom stereocenters. The van der Waals surface area contributed by atoms with Gasteiger partial charge in [-0.05, 0) is 35.4 Å². The summed E-state index contributed by atoms with van der Waals surface area (Å²) in [7, 11) is 1.32. The average molecular weight is 502 g/mol. The highest BCUT2D eigenvalue weighted by Crippen LogP contribution is 2.36. The van der Waals surface area contributed by atoms with E-state index in [-0.39, 0.29) is 18.3 Å². The van der Waals surface area contributed by atoms with E-state index in [9.17, 15) is 14.0 Å². The number of benzene rings is 2. The number of carbonyl (C=O) groups is 2. The van der Waals surface area contributed by atoms with Crippen molar-refractivity contribution in [1.29, 1.82) is 0 Å². The summed E-state index contributed by atoms with van der Waals surface area (Å²) in [5.74, 6) is -0.923. The molecular weight excluding hydrogens is 477 g/mol. The van der Waals surface area contributed by atoms with Crippen LogP contribution in [0.4, 0.5) is 9.39 Å². The summed E-state index contributed by atoms with van der Waals surface area (Å²) in [6.07, 6.45) is 0. The lowest BCUT2D eigenvalue weighted by molar-refractivity contribution is -0.117. The van der Waals surface area contributed by atoms with Gasteiger partial charge in [-0.1, -0.05) is 35.9 Å². The van der Waals surface area contributed by atoms with E-state index in [4.69, 9.17) is 16.3 Å². The van der Waals surface area contributed by atoms with Gasteiger partial charge >= 0.3 is 5.97 Å². The lowest BCUT2D eigenvalue weighted by atomic mass is 10.0. The number of rotatable bonds is 7. The molecule has 4 rings (SSSR count). The van der Waals surface area contributed by atoms with Crippen LogP contribution in [0.15, 0.2) is 53.9 Å². The SMILES string of the molecule is COC(=O)c1c(-c2ccc(Cl)cc2)csc1NC(=O)CN1CCN(Cc2cccc(F)c2)CC1. The zero-order valence-electron chi connectivity index (χ0n) is 18.7. The number of ether oxygens (including phenoxy) is 1. The van der Waals surface area contributed by atoms with E-state index >= 15 is 0 Å². The largest absolute Gasteiger partial charge is 0.465 e. The molecule has 1 aliphatic heterocycles. The van der Waals surface area contributed by atoms with Crippen LogP contribution in [0.2, 0.25) is 5.02 Å². The molecule has 34 heavy (non-hydrogen) atoms. The molecule has 0 saturated carbocycles. The molecule has 9 heteroatoms. The molecule has 1 amide bonds. The topological polar surface area (TPSA) is 61.9 Å². The van der Waals surface area contributed by atoms with Crippen LogP contribution >= 0.6 is 22.9 Å². The maximum Gasteiger partial charge on any atom is 0.341 e. The van der Waals surface area contributed by atoms with Crippen LogP contribution in [0.1, 0.15) is 15.9 Å². The normalized spacial score (nSPS) is 14.7. The Morgan fingerprint density at radius 2 is 1.79 bits per heavy atom. The Balaban J connectivity index is 1.36. The lowest BCUT2D eigenvalue weighted by Crippen LogP contribution is -2.48. The molecule has 0 atom stereocenters. The number of esters is 1. The number of piperazine rings is 1. The summed E-state index contributed by atoms with van der Waals surface area (Å²) < 4.78 is 18.4. The third-order valence-electron chi connectivity index (χ3n) is 5.72. The van der Waals surface area contributed by atoms with Crippen LogP contribution in [0.25, 0.3) is 11.1 Å². The predicted molar refractivity (Wildman–Crippen MR) is 133 cm³/mol. The van der Waals surface area contributed by atoms with Crippen molar-refractivity contribution in [3.05, 3.63) is 75.9 Å². The van der Waals surface area contributed by atoms with Crippen molar-refractivity contribution < 1.29 is 18.7 Å². The van der Waals surface area contributed by atoms with Gasteiger partial charge < -0.3 is 10.1 Å². The van der Waals surface area contributed by atoms with Crippen LogP contribution in [0.5, 0.6) is 0 Å². The first-order chi connectivity index (χ1) is 16.4. The zero-order chi connectivity index (χ0) is 24.1. The minimum absolute atomic E-state index is 0.187. The minimum Gasteiger partial charge on any atom is -0.465 e. The van der Waals surface area contributed by atoms with E-state index in [2.05, 4.69) is 15.1 Å². The van der Waals surface area contributed by atoms with Crippen LogP contribution in [-0.2, 0) is 16.1 Å². The van der Waals surface area contributed by atoms with E-state index in [1.807, 2.05) is 23.6 Å². The van der Waals surface area contributed by atoms with Crippen LogP contribution in [0, 0.1) is 5.82 Å². The fraction of sp³-hybridized carbons (Fsp3) is 0.280. The minimum atomic E-state index is -0.507. The van der Waals surface area contributed by atoms with Gasteiger partial charge in [0.25, 0.3) is 0 Å². The molecule has 2 aromatic carbocycles. The molecule has 1 aromatic heterocycles. The molecule has 2 heterocycles. The van der Waals surface area contributed by atoms with Crippen molar-refractivity contribution >= 4 is 39.8 Å². The first-order valence-corrected chi connectivity index (χ1v) is 12.1. The number of anilines is 1. The van der Waals surface area contributed by atoms with Gasteiger partial charge in [0, 0.05) is 48.7 Å². The Bertz CT molecular complexity index is 1160. The van der Waals surface area contributed by atoms with E-state index in [0.29, 0.717) is 27.7 Å². The molecule has 1 aliphatic rings. The molecule has 0 spiro atoms. The summed E-state index contributed by atoms with van der Waals surface area (Å²) in [5.41, 5.74) is 2.78. The van der Waals surface area contributed by atoms with Gasteiger partial charge in [0.2, 0.25) is 5.91 Å². The number of halogens is 2. The van der Waals surface area contributed by atoms with E-state index in [0.717, 1.165) is 37.3 Å². The smallest absolute Gasteiger partial charge is 0.341 e. The number of nitrogens with zero attached hydrogens (tertiary/aromatic N) is 2. The number of methoxy groups -OCH3 is 1. The number of amides is 1. The van der Waals surface area contributed by atoms with E-state index < -0.39 is 5.97 Å². The highest BCUT2D eigenvalue weighted by Gasteiger charge is 2.24. The Morgan fingerprint density at radius 3 is 2.47 bits per heavy atom. The fourth-order valence-corrected chi connectivity index (χ4v) is 5.06. The second kappa shape index (κ2) is 11.1. The Kier molecular flexibility index (Phi) is 7.95. The van der Waals surface area contributed by atoms with Gasteiger partial charge in [-0.15, -0.1) is 11.3 Å². The van der Waals surface area contributed by atoms with Gasteiger partial charge in [0.1, 0.15) is 16.4 Å². The van der Waals surface area contributed by atoms with Gasteiger partial charge in [0.05, 0.1) is 13.7 Å². The number of thiophene rings is 1. The van der Waals surface area contributed by atoms with Gasteiger partial charge in [-0.3, -0.25) is 14.6 Å². The Hall–Kier alpha value is -2.78. The maximum atomic E-state index is 13.4. The summed E-state index contributed by atoms with van der Waals surface area (Å²) in [6.45, 7) is 3.94. The quantitative estimate of drug-likeness (QED) is 0.473. The average Bonchev–Trinajstić information content (AvgIpc) is 3.23.